The molecule has 1 aliphatic heterocycles. The van der Waals surface area contributed by atoms with Gasteiger partial charge >= 0.3 is 0 Å². The molecule has 0 aromatic heterocycles. The molecule has 2 nitrogen and oxygen atoms in total. The number of hydrogen-bond acceptors (Lipinski definition) is 2. The Bertz CT molecular complexity index is 384. The summed E-state index contributed by atoms with van der Waals surface area (Å²) < 4.78 is 13.5. The van der Waals surface area contributed by atoms with E-state index in [1.165, 1.54) is 6.07 Å². The summed E-state index contributed by atoms with van der Waals surface area (Å²) in [5.74, 6) is -0.275. The van der Waals surface area contributed by atoms with E-state index in [0.29, 0.717) is 30.2 Å². The smallest absolute Gasteiger partial charge is 0.129 e. The van der Waals surface area contributed by atoms with Crippen LogP contribution in [-0.2, 0) is 6.54 Å². The fourth-order valence-electron chi connectivity index (χ4n) is 2.43. The standard InChI is InChI=1S/C13H17ClFNO/c1-2-6-13(17)8-16(9-13)7-10-11(14)4-3-5-12(10)15/h3-5,17H,2,6-9H2,1H3. The Morgan fingerprint density at radius 3 is 2.76 bits per heavy atom. The van der Waals surface area contributed by atoms with Crippen LogP contribution in [0.5, 0.6) is 0 Å². The molecule has 0 radical (unpaired) electrons. The lowest BCUT2D eigenvalue weighted by Crippen LogP contribution is -2.61. The van der Waals surface area contributed by atoms with E-state index in [2.05, 4.69) is 0 Å². The van der Waals surface area contributed by atoms with Gasteiger partial charge in [0.1, 0.15) is 5.82 Å². The van der Waals surface area contributed by atoms with Gasteiger partial charge in [0, 0.05) is 30.2 Å². The second kappa shape index (κ2) is 4.92. The fourth-order valence-corrected chi connectivity index (χ4v) is 2.65. The highest BCUT2D eigenvalue weighted by atomic mass is 35.5. The lowest BCUT2D eigenvalue weighted by Gasteiger charge is -2.46. The molecule has 1 aromatic rings. The molecule has 0 atom stereocenters. The molecule has 1 aromatic carbocycles. The molecule has 0 unspecified atom stereocenters. The fraction of sp³-hybridized carbons (Fsp3) is 0.538. The lowest BCUT2D eigenvalue weighted by atomic mass is 9.89. The monoisotopic (exact) mass is 257 g/mol. The molecule has 1 N–H and O–H groups in total. The van der Waals surface area contributed by atoms with Crippen molar-refractivity contribution in [2.24, 2.45) is 0 Å². The topological polar surface area (TPSA) is 23.5 Å². The van der Waals surface area contributed by atoms with Crippen molar-refractivity contribution in [1.82, 2.24) is 4.90 Å². The number of halogens is 2. The van der Waals surface area contributed by atoms with Gasteiger partial charge in [0.2, 0.25) is 0 Å². The maximum Gasteiger partial charge on any atom is 0.129 e. The van der Waals surface area contributed by atoms with Crippen LogP contribution in [0.3, 0.4) is 0 Å². The number of hydrogen-bond donors (Lipinski definition) is 1. The van der Waals surface area contributed by atoms with E-state index in [-0.39, 0.29) is 5.82 Å². The zero-order chi connectivity index (χ0) is 12.5. The average molecular weight is 258 g/mol. The van der Waals surface area contributed by atoms with Crippen LogP contribution in [0.1, 0.15) is 25.3 Å². The van der Waals surface area contributed by atoms with Gasteiger partial charge in [-0.25, -0.2) is 4.39 Å². The molecule has 0 spiro atoms. The van der Waals surface area contributed by atoms with Gasteiger partial charge < -0.3 is 5.11 Å². The predicted molar refractivity (Wildman–Crippen MR) is 66.5 cm³/mol. The highest BCUT2D eigenvalue weighted by molar-refractivity contribution is 6.31. The lowest BCUT2D eigenvalue weighted by molar-refractivity contribution is -0.107. The zero-order valence-corrected chi connectivity index (χ0v) is 10.7. The van der Waals surface area contributed by atoms with Crippen LogP contribution in [0.4, 0.5) is 4.39 Å². The summed E-state index contributed by atoms with van der Waals surface area (Å²) in [4.78, 5) is 2.01. The molecule has 1 heterocycles. The van der Waals surface area contributed by atoms with Crippen LogP contribution in [0.25, 0.3) is 0 Å². The Kier molecular flexibility index (Phi) is 3.71. The highest BCUT2D eigenvalue weighted by Gasteiger charge is 2.40. The Morgan fingerprint density at radius 1 is 1.47 bits per heavy atom. The molecular weight excluding hydrogens is 241 g/mol. The molecule has 0 bridgehead atoms. The summed E-state index contributed by atoms with van der Waals surface area (Å²) in [6.07, 6.45) is 1.76. The van der Waals surface area contributed by atoms with Gasteiger partial charge in [0.15, 0.2) is 0 Å². The van der Waals surface area contributed by atoms with Crippen molar-refractivity contribution in [3.8, 4) is 0 Å². The van der Waals surface area contributed by atoms with Gasteiger partial charge in [-0.3, -0.25) is 4.90 Å². The molecule has 94 valence electrons. The highest BCUT2D eigenvalue weighted by Crippen LogP contribution is 2.29. The van der Waals surface area contributed by atoms with E-state index < -0.39 is 5.60 Å². The quantitative estimate of drug-likeness (QED) is 0.897. The van der Waals surface area contributed by atoms with E-state index in [9.17, 15) is 9.50 Å². The van der Waals surface area contributed by atoms with Crippen LogP contribution in [0.2, 0.25) is 5.02 Å². The third-order valence-corrected chi connectivity index (χ3v) is 3.55. The van der Waals surface area contributed by atoms with Crippen molar-refractivity contribution in [3.63, 3.8) is 0 Å². The number of aliphatic hydroxyl groups is 1. The minimum atomic E-state index is -0.577. The summed E-state index contributed by atoms with van der Waals surface area (Å²) in [5.41, 5.74) is -0.0559. The Hall–Kier alpha value is -0.640. The molecule has 0 aliphatic carbocycles. The third-order valence-electron chi connectivity index (χ3n) is 3.19. The number of benzene rings is 1. The first kappa shape index (κ1) is 12.8. The van der Waals surface area contributed by atoms with Crippen molar-refractivity contribution < 1.29 is 9.50 Å². The summed E-state index contributed by atoms with van der Waals surface area (Å²) in [6.45, 7) is 3.73. The van der Waals surface area contributed by atoms with Crippen molar-refractivity contribution in [2.45, 2.75) is 31.9 Å². The summed E-state index contributed by atoms with van der Waals surface area (Å²) in [6, 6.07) is 4.71. The predicted octanol–water partition coefficient (Wildman–Crippen LogP) is 2.83. The van der Waals surface area contributed by atoms with Crippen LogP contribution in [0.15, 0.2) is 18.2 Å². The van der Waals surface area contributed by atoms with Gasteiger partial charge in [-0.1, -0.05) is 31.0 Å². The SMILES string of the molecule is CCCC1(O)CN(Cc2c(F)cccc2Cl)C1. The molecule has 1 aliphatic rings. The first-order valence-corrected chi connectivity index (χ1v) is 6.29. The van der Waals surface area contributed by atoms with Crippen molar-refractivity contribution in [2.75, 3.05) is 13.1 Å². The Balaban J connectivity index is 1.96. The molecule has 2 rings (SSSR count). The molecule has 17 heavy (non-hydrogen) atoms. The van der Waals surface area contributed by atoms with Crippen LogP contribution in [-0.4, -0.2) is 28.7 Å². The second-order valence-corrected chi connectivity index (χ2v) is 5.23. The number of β-amino-alcohol motifs (C(OH)–C–C–N with tert-alkyl or cyclic N) is 1. The van der Waals surface area contributed by atoms with Crippen LogP contribution >= 0.6 is 11.6 Å². The van der Waals surface area contributed by atoms with E-state index in [0.717, 1.165) is 12.8 Å². The molecule has 1 saturated heterocycles. The summed E-state index contributed by atoms with van der Waals surface area (Å²) in [5, 5.41) is 10.5. The zero-order valence-electron chi connectivity index (χ0n) is 9.92. The number of rotatable bonds is 4. The van der Waals surface area contributed by atoms with Gasteiger partial charge in [-0.05, 0) is 18.6 Å². The van der Waals surface area contributed by atoms with Gasteiger partial charge in [0.25, 0.3) is 0 Å². The maximum atomic E-state index is 13.5. The first-order chi connectivity index (χ1) is 8.04. The minimum Gasteiger partial charge on any atom is -0.387 e. The molecule has 0 saturated carbocycles. The first-order valence-electron chi connectivity index (χ1n) is 5.92. The minimum absolute atomic E-state index is 0.275. The number of nitrogens with zero attached hydrogens (tertiary/aromatic N) is 1. The van der Waals surface area contributed by atoms with Gasteiger partial charge in [-0.2, -0.15) is 0 Å². The summed E-state index contributed by atoms with van der Waals surface area (Å²) >= 11 is 5.96. The van der Waals surface area contributed by atoms with E-state index in [1.807, 2.05) is 11.8 Å². The van der Waals surface area contributed by atoms with Crippen molar-refractivity contribution >= 4 is 11.6 Å². The second-order valence-electron chi connectivity index (χ2n) is 4.82. The number of likely N-dealkylation sites (tertiary alicyclic amines) is 1. The van der Waals surface area contributed by atoms with Crippen molar-refractivity contribution in [3.05, 3.63) is 34.6 Å². The van der Waals surface area contributed by atoms with E-state index in [1.54, 1.807) is 12.1 Å². The molecular formula is C13H17ClFNO. The Morgan fingerprint density at radius 2 is 2.18 bits per heavy atom. The maximum absolute atomic E-state index is 13.5. The molecule has 4 heteroatoms. The van der Waals surface area contributed by atoms with Crippen LogP contribution in [0, 0.1) is 5.82 Å². The molecule has 1 fully saturated rings. The van der Waals surface area contributed by atoms with Gasteiger partial charge in [0.05, 0.1) is 5.60 Å². The van der Waals surface area contributed by atoms with Crippen molar-refractivity contribution in [1.29, 1.82) is 0 Å². The summed E-state index contributed by atoms with van der Waals surface area (Å²) in [7, 11) is 0. The van der Waals surface area contributed by atoms with Gasteiger partial charge in [-0.15, -0.1) is 0 Å². The third kappa shape index (κ3) is 2.79. The van der Waals surface area contributed by atoms with Crippen LogP contribution < -0.4 is 0 Å². The normalized spacial score (nSPS) is 19.1. The van der Waals surface area contributed by atoms with E-state index >= 15 is 0 Å². The van der Waals surface area contributed by atoms with E-state index in [4.69, 9.17) is 11.6 Å². The Labute approximate surface area is 106 Å². The average Bonchev–Trinajstić information content (AvgIpc) is 2.21. The molecule has 0 amide bonds. The largest absolute Gasteiger partial charge is 0.387 e.